The zero-order valence-corrected chi connectivity index (χ0v) is 13.5. The van der Waals surface area contributed by atoms with Crippen molar-refractivity contribution in [2.75, 3.05) is 20.2 Å². The summed E-state index contributed by atoms with van der Waals surface area (Å²) in [5, 5.41) is 23.9. The molecule has 0 radical (unpaired) electrons. The zero-order valence-electron chi connectivity index (χ0n) is 12.6. The summed E-state index contributed by atoms with van der Waals surface area (Å²) >= 11 is 1.37. The van der Waals surface area contributed by atoms with E-state index in [9.17, 15) is 10.2 Å². The Morgan fingerprint density at radius 2 is 2.18 bits per heavy atom. The van der Waals surface area contributed by atoms with Gasteiger partial charge in [-0.3, -0.25) is 4.90 Å². The second-order valence-corrected chi connectivity index (χ2v) is 6.21. The molecule has 0 amide bonds. The summed E-state index contributed by atoms with van der Waals surface area (Å²) in [6.07, 6.45) is 0. The molecule has 3 heterocycles. The molecule has 0 saturated heterocycles. The molecular weight excluding hydrogens is 304 g/mol. The van der Waals surface area contributed by atoms with Gasteiger partial charge < -0.3 is 14.6 Å². The van der Waals surface area contributed by atoms with Gasteiger partial charge in [-0.2, -0.15) is 4.52 Å². The highest BCUT2D eigenvalue weighted by Gasteiger charge is 2.29. The van der Waals surface area contributed by atoms with E-state index in [-0.39, 0.29) is 18.5 Å². The number of nitrogens with zero attached hydrogens (tertiary/aromatic N) is 4. The van der Waals surface area contributed by atoms with Crippen molar-refractivity contribution in [1.29, 1.82) is 0 Å². The van der Waals surface area contributed by atoms with Crippen LogP contribution >= 0.6 is 11.3 Å². The monoisotopic (exact) mass is 322 g/mol. The minimum Gasteiger partial charge on any atom is -0.492 e. The highest BCUT2D eigenvalue weighted by molar-refractivity contribution is 7.17. The Hall–Kier alpha value is -1.90. The lowest BCUT2D eigenvalue weighted by Gasteiger charge is -2.24. The summed E-state index contributed by atoms with van der Waals surface area (Å²) in [6.45, 7) is 4.13. The Balaban J connectivity index is 2.10. The summed E-state index contributed by atoms with van der Waals surface area (Å²) < 4.78 is 7.18. The van der Waals surface area contributed by atoms with E-state index in [4.69, 9.17) is 4.42 Å². The number of aliphatic hydroxyl groups is 1. The van der Waals surface area contributed by atoms with Crippen LogP contribution in [0.3, 0.4) is 0 Å². The fourth-order valence-corrected chi connectivity index (χ4v) is 3.63. The first-order valence-corrected chi connectivity index (χ1v) is 7.75. The predicted octanol–water partition coefficient (Wildman–Crippen LogP) is 1.72. The third-order valence-electron chi connectivity index (χ3n) is 3.48. The molecular formula is C14H18N4O3S. The molecule has 0 bridgehead atoms. The van der Waals surface area contributed by atoms with E-state index in [0.29, 0.717) is 28.0 Å². The number of fused-ring (bicyclic) bond motifs is 1. The van der Waals surface area contributed by atoms with E-state index in [1.54, 1.807) is 6.92 Å². The Kier molecular flexibility index (Phi) is 3.90. The van der Waals surface area contributed by atoms with Gasteiger partial charge in [0.15, 0.2) is 0 Å². The van der Waals surface area contributed by atoms with E-state index >= 15 is 0 Å². The molecule has 3 aromatic rings. The van der Waals surface area contributed by atoms with E-state index in [0.717, 1.165) is 5.76 Å². The Morgan fingerprint density at radius 1 is 1.41 bits per heavy atom. The average molecular weight is 322 g/mol. The standard InChI is InChI=1S/C14H18N4O3S/c1-8-4-5-10(21-8)11(17(3)6-7-19)12-13(20)18-14(22-12)15-9(2)16-18/h4-5,11,19-20H,6-7H2,1-3H3. The quantitative estimate of drug-likeness (QED) is 0.744. The fourth-order valence-electron chi connectivity index (χ4n) is 2.46. The summed E-state index contributed by atoms with van der Waals surface area (Å²) in [6, 6.07) is 3.47. The number of aryl methyl sites for hydroxylation is 2. The summed E-state index contributed by atoms with van der Waals surface area (Å²) in [5.74, 6) is 2.18. The first-order valence-electron chi connectivity index (χ1n) is 6.93. The number of hydrogen-bond acceptors (Lipinski definition) is 7. The fraction of sp³-hybridized carbons (Fsp3) is 0.429. The first kappa shape index (κ1) is 15.0. The lowest BCUT2D eigenvalue weighted by Crippen LogP contribution is -2.27. The van der Waals surface area contributed by atoms with Crippen LogP contribution in [-0.2, 0) is 0 Å². The van der Waals surface area contributed by atoms with Crippen LogP contribution in [0.15, 0.2) is 16.5 Å². The van der Waals surface area contributed by atoms with Crippen molar-refractivity contribution in [3.8, 4) is 5.88 Å². The number of thiazole rings is 1. The van der Waals surface area contributed by atoms with Gasteiger partial charge in [0.1, 0.15) is 23.4 Å². The van der Waals surface area contributed by atoms with Crippen LogP contribution < -0.4 is 0 Å². The zero-order chi connectivity index (χ0) is 15.9. The maximum absolute atomic E-state index is 10.5. The maximum Gasteiger partial charge on any atom is 0.230 e. The number of aromatic nitrogens is 3. The molecule has 0 aliphatic heterocycles. The first-order chi connectivity index (χ1) is 10.5. The average Bonchev–Trinajstić information content (AvgIpc) is 3.10. The minimum atomic E-state index is -0.297. The van der Waals surface area contributed by atoms with Gasteiger partial charge in [0, 0.05) is 6.54 Å². The van der Waals surface area contributed by atoms with Crippen molar-refractivity contribution in [2.45, 2.75) is 19.9 Å². The highest BCUT2D eigenvalue weighted by atomic mass is 32.1. The molecule has 3 aromatic heterocycles. The Labute approximate surface area is 131 Å². The molecule has 0 fully saturated rings. The number of hydrogen-bond donors (Lipinski definition) is 2. The number of furan rings is 1. The molecule has 0 aromatic carbocycles. The summed E-state index contributed by atoms with van der Waals surface area (Å²) in [4.78, 5) is 7.55. The molecule has 8 heteroatoms. The Morgan fingerprint density at radius 3 is 2.77 bits per heavy atom. The topological polar surface area (TPSA) is 87.0 Å². The molecule has 0 spiro atoms. The maximum atomic E-state index is 10.5. The lowest BCUT2D eigenvalue weighted by molar-refractivity contribution is 0.183. The van der Waals surface area contributed by atoms with Crippen LogP contribution in [0.5, 0.6) is 5.88 Å². The van der Waals surface area contributed by atoms with Crippen molar-refractivity contribution in [3.05, 3.63) is 34.4 Å². The summed E-state index contributed by atoms with van der Waals surface area (Å²) in [7, 11) is 1.87. The third kappa shape index (κ3) is 2.49. The van der Waals surface area contributed by atoms with Gasteiger partial charge in [0.25, 0.3) is 0 Å². The second kappa shape index (κ2) is 5.71. The van der Waals surface area contributed by atoms with Gasteiger partial charge in [-0.25, -0.2) is 4.98 Å². The molecule has 7 nitrogen and oxygen atoms in total. The minimum absolute atomic E-state index is 0.0212. The van der Waals surface area contributed by atoms with Gasteiger partial charge in [-0.05, 0) is 33.0 Å². The molecule has 22 heavy (non-hydrogen) atoms. The molecule has 1 unspecified atom stereocenters. The van der Waals surface area contributed by atoms with Crippen LogP contribution in [-0.4, -0.2) is 49.9 Å². The van der Waals surface area contributed by atoms with Crippen LogP contribution in [0, 0.1) is 13.8 Å². The SMILES string of the molecule is Cc1nc2sc(C(c3ccc(C)o3)N(C)CCO)c(O)n2n1. The number of aliphatic hydroxyl groups excluding tert-OH is 1. The van der Waals surface area contributed by atoms with Gasteiger partial charge in [-0.1, -0.05) is 11.3 Å². The number of likely N-dealkylation sites (N-methyl/N-ethyl adjacent to an activating group) is 1. The van der Waals surface area contributed by atoms with E-state index in [1.165, 1.54) is 15.9 Å². The van der Waals surface area contributed by atoms with Crippen molar-refractivity contribution in [2.24, 2.45) is 0 Å². The molecule has 3 rings (SSSR count). The van der Waals surface area contributed by atoms with E-state index in [1.807, 2.05) is 31.0 Å². The van der Waals surface area contributed by atoms with Crippen molar-refractivity contribution in [3.63, 3.8) is 0 Å². The van der Waals surface area contributed by atoms with Gasteiger partial charge in [0.2, 0.25) is 10.8 Å². The lowest BCUT2D eigenvalue weighted by atomic mass is 10.1. The summed E-state index contributed by atoms with van der Waals surface area (Å²) in [5.41, 5.74) is 0. The molecule has 1 atom stereocenters. The van der Waals surface area contributed by atoms with Gasteiger partial charge in [0.05, 0.1) is 11.5 Å². The Bertz CT molecular complexity index is 791. The second-order valence-electron chi connectivity index (χ2n) is 5.20. The third-order valence-corrected chi connectivity index (χ3v) is 4.55. The smallest absolute Gasteiger partial charge is 0.230 e. The molecule has 0 aliphatic carbocycles. The largest absolute Gasteiger partial charge is 0.492 e. The van der Waals surface area contributed by atoms with Crippen LogP contribution in [0.2, 0.25) is 0 Å². The predicted molar refractivity (Wildman–Crippen MR) is 82.3 cm³/mol. The van der Waals surface area contributed by atoms with Crippen molar-refractivity contribution < 1.29 is 14.6 Å². The molecule has 2 N–H and O–H groups in total. The molecule has 118 valence electrons. The normalized spacial score (nSPS) is 13.3. The molecule has 0 saturated carbocycles. The van der Waals surface area contributed by atoms with Crippen molar-refractivity contribution in [1.82, 2.24) is 19.5 Å². The van der Waals surface area contributed by atoms with Gasteiger partial charge >= 0.3 is 0 Å². The van der Waals surface area contributed by atoms with E-state index in [2.05, 4.69) is 10.1 Å². The van der Waals surface area contributed by atoms with Crippen LogP contribution in [0.4, 0.5) is 0 Å². The highest BCUT2D eigenvalue weighted by Crippen LogP contribution is 2.39. The molecule has 0 aliphatic rings. The number of aromatic hydroxyl groups is 1. The van der Waals surface area contributed by atoms with Crippen LogP contribution in [0.25, 0.3) is 4.96 Å². The van der Waals surface area contributed by atoms with E-state index < -0.39 is 0 Å². The van der Waals surface area contributed by atoms with Crippen molar-refractivity contribution >= 4 is 16.3 Å². The van der Waals surface area contributed by atoms with Crippen LogP contribution in [0.1, 0.15) is 28.3 Å². The van der Waals surface area contributed by atoms with Gasteiger partial charge in [-0.15, -0.1) is 5.10 Å². The number of rotatable bonds is 5.